The minimum absolute atomic E-state index is 0.108. The van der Waals surface area contributed by atoms with Crippen LogP contribution >= 0.6 is 11.3 Å². The Bertz CT molecular complexity index is 1860. The fourth-order valence-corrected chi connectivity index (χ4v) is 5.77. The van der Waals surface area contributed by atoms with Crippen molar-refractivity contribution in [3.8, 4) is 17.1 Å². The van der Waals surface area contributed by atoms with Crippen LogP contribution in [0.4, 0.5) is 0 Å². The van der Waals surface area contributed by atoms with Crippen molar-refractivity contribution in [2.24, 2.45) is 4.99 Å². The largest absolute Gasteiger partial charge is 0.491 e. The molecule has 0 aliphatic carbocycles. The predicted octanol–water partition coefficient (Wildman–Crippen LogP) is 4.54. The number of carboxylic acid groups (broad SMARTS) is 1. The number of furan rings is 1. The summed E-state index contributed by atoms with van der Waals surface area (Å²) in [6.45, 7) is 7.42. The summed E-state index contributed by atoms with van der Waals surface area (Å²) in [5.74, 6) is -0.347. The molecule has 5 rings (SSSR count). The molecule has 9 nitrogen and oxygen atoms in total. The first-order valence-electron chi connectivity index (χ1n) is 13.1. The maximum atomic E-state index is 13.9. The monoisotopic (exact) mass is 572 g/mol. The third kappa shape index (κ3) is 5.38. The zero-order valence-electron chi connectivity index (χ0n) is 22.9. The Balaban J connectivity index is 1.67. The molecule has 0 amide bonds. The van der Waals surface area contributed by atoms with Crippen molar-refractivity contribution in [2.45, 2.75) is 39.8 Å². The number of allylic oxidation sites excluding steroid dienone is 1. The van der Waals surface area contributed by atoms with Crippen molar-refractivity contribution >= 4 is 29.4 Å². The topological polar surface area (TPSA) is 120 Å². The van der Waals surface area contributed by atoms with Gasteiger partial charge in [0.25, 0.3) is 5.56 Å². The third-order valence-electron chi connectivity index (χ3n) is 6.42. The minimum Gasteiger partial charge on any atom is -0.491 e. The average molecular weight is 573 g/mol. The maximum Gasteiger partial charge on any atom is 0.338 e. The molecule has 0 saturated carbocycles. The maximum absolute atomic E-state index is 13.9. The summed E-state index contributed by atoms with van der Waals surface area (Å²) in [5, 5.41) is 9.55. The fraction of sp³-hybridized carbons (Fsp3) is 0.226. The van der Waals surface area contributed by atoms with E-state index in [9.17, 15) is 19.5 Å². The quantitative estimate of drug-likeness (QED) is 0.308. The number of hydrogen-bond donors (Lipinski definition) is 1. The van der Waals surface area contributed by atoms with Gasteiger partial charge in [0.05, 0.1) is 34.1 Å². The molecule has 1 aliphatic rings. The van der Waals surface area contributed by atoms with Crippen LogP contribution in [0.3, 0.4) is 0 Å². The molecule has 2 aromatic carbocycles. The van der Waals surface area contributed by atoms with Gasteiger partial charge in [-0.05, 0) is 52.0 Å². The van der Waals surface area contributed by atoms with E-state index in [-0.39, 0.29) is 29.4 Å². The Morgan fingerprint density at radius 3 is 2.59 bits per heavy atom. The third-order valence-corrected chi connectivity index (χ3v) is 7.40. The summed E-state index contributed by atoms with van der Waals surface area (Å²) in [5.41, 5.74) is 1.52. The SMILES string of the molecule is CCOC(=O)C1=C(C)N=c2s/c(=C/c3ccc(-c4ccccc4C(=O)O)o3)c(=O)n2[C@H]1c1ccccc1OC(C)C. The normalized spacial score (nSPS) is 15.0. The molecule has 0 fully saturated rings. The van der Waals surface area contributed by atoms with E-state index in [0.29, 0.717) is 43.4 Å². The molecule has 0 bridgehead atoms. The molecule has 41 heavy (non-hydrogen) atoms. The van der Waals surface area contributed by atoms with Crippen LogP contribution in [0.1, 0.15) is 55.4 Å². The molecule has 4 aromatic rings. The number of ether oxygens (including phenoxy) is 2. The number of hydrogen-bond acceptors (Lipinski definition) is 8. The summed E-state index contributed by atoms with van der Waals surface area (Å²) < 4.78 is 19.2. The molecule has 10 heteroatoms. The molecule has 1 N–H and O–H groups in total. The van der Waals surface area contributed by atoms with Gasteiger partial charge < -0.3 is 19.0 Å². The smallest absolute Gasteiger partial charge is 0.338 e. The van der Waals surface area contributed by atoms with Gasteiger partial charge in [-0.3, -0.25) is 9.36 Å². The van der Waals surface area contributed by atoms with Crippen molar-refractivity contribution in [3.63, 3.8) is 0 Å². The lowest BCUT2D eigenvalue weighted by Gasteiger charge is -2.26. The number of nitrogens with zero attached hydrogens (tertiary/aromatic N) is 2. The Labute approximate surface area is 239 Å². The summed E-state index contributed by atoms with van der Waals surface area (Å²) in [4.78, 5) is 43.8. The fourth-order valence-electron chi connectivity index (χ4n) is 4.74. The van der Waals surface area contributed by atoms with Crippen molar-refractivity contribution in [3.05, 3.63) is 109 Å². The molecular weight excluding hydrogens is 544 g/mol. The van der Waals surface area contributed by atoms with E-state index in [0.717, 1.165) is 0 Å². The van der Waals surface area contributed by atoms with Crippen molar-refractivity contribution in [1.29, 1.82) is 0 Å². The van der Waals surface area contributed by atoms with Crippen LogP contribution in [-0.4, -0.2) is 34.3 Å². The average Bonchev–Trinajstić information content (AvgIpc) is 3.52. The number of para-hydroxylation sites is 1. The van der Waals surface area contributed by atoms with Crippen LogP contribution in [0.5, 0.6) is 5.75 Å². The molecule has 1 aliphatic heterocycles. The number of thiazole rings is 1. The van der Waals surface area contributed by atoms with Gasteiger partial charge in [-0.15, -0.1) is 0 Å². The number of rotatable bonds is 8. The summed E-state index contributed by atoms with van der Waals surface area (Å²) in [6, 6.07) is 16.4. The van der Waals surface area contributed by atoms with Gasteiger partial charge in [-0.1, -0.05) is 47.7 Å². The Kier molecular flexibility index (Phi) is 7.76. The Morgan fingerprint density at radius 1 is 1.12 bits per heavy atom. The lowest BCUT2D eigenvalue weighted by atomic mass is 9.95. The number of esters is 1. The van der Waals surface area contributed by atoms with Gasteiger partial charge in [0.15, 0.2) is 4.80 Å². The van der Waals surface area contributed by atoms with Crippen molar-refractivity contribution in [2.75, 3.05) is 6.61 Å². The number of fused-ring (bicyclic) bond motifs is 1. The Hall–Kier alpha value is -4.70. The molecule has 0 unspecified atom stereocenters. The Morgan fingerprint density at radius 2 is 1.85 bits per heavy atom. The van der Waals surface area contributed by atoms with Crippen LogP contribution < -0.4 is 19.6 Å². The zero-order chi connectivity index (χ0) is 29.3. The van der Waals surface area contributed by atoms with E-state index >= 15 is 0 Å². The van der Waals surface area contributed by atoms with Crippen LogP contribution in [0.15, 0.2) is 86.1 Å². The lowest BCUT2D eigenvalue weighted by Crippen LogP contribution is -2.40. The zero-order valence-corrected chi connectivity index (χ0v) is 23.7. The van der Waals surface area contributed by atoms with Gasteiger partial charge in [0.2, 0.25) is 0 Å². The summed E-state index contributed by atoms with van der Waals surface area (Å²) in [6.07, 6.45) is 1.45. The van der Waals surface area contributed by atoms with Crippen LogP contribution in [-0.2, 0) is 9.53 Å². The molecule has 2 aromatic heterocycles. The van der Waals surface area contributed by atoms with Gasteiger partial charge in [-0.25, -0.2) is 14.6 Å². The molecular formula is C31H28N2O7S. The number of aromatic carboxylic acids is 1. The van der Waals surface area contributed by atoms with E-state index in [1.807, 2.05) is 38.1 Å². The highest BCUT2D eigenvalue weighted by molar-refractivity contribution is 7.07. The van der Waals surface area contributed by atoms with E-state index in [4.69, 9.17) is 13.9 Å². The van der Waals surface area contributed by atoms with Gasteiger partial charge in [0.1, 0.15) is 23.3 Å². The lowest BCUT2D eigenvalue weighted by molar-refractivity contribution is -0.139. The standard InChI is InChI=1S/C31H28N2O7S/c1-5-38-30(37)26-18(4)32-31-33(27(26)22-12-8-9-13-23(22)39-17(2)3)28(34)25(41-31)16-19-14-15-24(40-19)20-10-6-7-11-21(20)29(35)36/h6-17,27H,5H2,1-4H3,(H,35,36)/b25-16+/t27-/m0/s1. The first-order valence-corrected chi connectivity index (χ1v) is 13.9. The molecule has 0 saturated heterocycles. The van der Waals surface area contributed by atoms with E-state index < -0.39 is 18.0 Å². The second kappa shape index (κ2) is 11.4. The van der Waals surface area contributed by atoms with E-state index in [1.165, 1.54) is 22.0 Å². The van der Waals surface area contributed by atoms with Crippen molar-refractivity contribution in [1.82, 2.24) is 4.57 Å². The van der Waals surface area contributed by atoms with E-state index in [2.05, 4.69) is 4.99 Å². The number of carbonyl (C=O) groups excluding carboxylic acids is 1. The minimum atomic E-state index is -1.07. The highest BCUT2D eigenvalue weighted by Crippen LogP contribution is 2.36. The van der Waals surface area contributed by atoms with Gasteiger partial charge >= 0.3 is 11.9 Å². The van der Waals surface area contributed by atoms with E-state index in [1.54, 1.807) is 50.3 Å². The second-order valence-electron chi connectivity index (χ2n) is 9.56. The number of benzene rings is 2. The summed E-state index contributed by atoms with van der Waals surface area (Å²) in [7, 11) is 0. The van der Waals surface area contributed by atoms with Crippen molar-refractivity contribution < 1.29 is 28.6 Å². The highest BCUT2D eigenvalue weighted by atomic mass is 32.1. The highest BCUT2D eigenvalue weighted by Gasteiger charge is 2.35. The molecule has 0 spiro atoms. The summed E-state index contributed by atoms with van der Waals surface area (Å²) >= 11 is 1.17. The second-order valence-corrected chi connectivity index (χ2v) is 10.6. The molecule has 210 valence electrons. The first-order chi connectivity index (χ1) is 19.7. The molecule has 0 radical (unpaired) electrons. The van der Waals surface area contributed by atoms with Crippen LogP contribution in [0.25, 0.3) is 17.4 Å². The molecule has 1 atom stereocenters. The predicted molar refractivity (Wildman–Crippen MR) is 154 cm³/mol. The van der Waals surface area contributed by atoms with Gasteiger partial charge in [0, 0.05) is 17.2 Å². The first kappa shape index (κ1) is 27.9. The number of aromatic nitrogens is 1. The number of carboxylic acids is 1. The molecule has 3 heterocycles. The number of carbonyl (C=O) groups is 2. The van der Waals surface area contributed by atoms with Gasteiger partial charge in [-0.2, -0.15) is 0 Å². The van der Waals surface area contributed by atoms with Crippen LogP contribution in [0, 0.1) is 0 Å². The van der Waals surface area contributed by atoms with Crippen LogP contribution in [0.2, 0.25) is 0 Å².